The van der Waals surface area contributed by atoms with Crippen molar-refractivity contribution in [2.45, 2.75) is 0 Å². The van der Waals surface area contributed by atoms with Gasteiger partial charge in [0.25, 0.3) is 11.8 Å². The number of aromatic nitrogens is 1. The molecular formula is C15H10N4O4S. The first-order valence-electron chi connectivity index (χ1n) is 6.75. The molecule has 0 aliphatic carbocycles. The van der Waals surface area contributed by atoms with Gasteiger partial charge in [0.2, 0.25) is 0 Å². The topological polar surface area (TPSA) is 114 Å². The van der Waals surface area contributed by atoms with Gasteiger partial charge in [0, 0.05) is 11.5 Å². The lowest BCUT2D eigenvalue weighted by Crippen LogP contribution is -2.41. The zero-order valence-electron chi connectivity index (χ0n) is 12.1. The highest BCUT2D eigenvalue weighted by molar-refractivity contribution is 7.17. The lowest BCUT2D eigenvalue weighted by atomic mass is 10.2. The van der Waals surface area contributed by atoms with Crippen LogP contribution < -0.4 is 10.9 Å². The average Bonchev–Trinajstić information content (AvgIpc) is 3.09. The van der Waals surface area contributed by atoms with E-state index >= 15 is 0 Å². The number of nitrogens with zero attached hydrogens (tertiary/aromatic N) is 2. The third-order valence-electron chi connectivity index (χ3n) is 3.12. The highest BCUT2D eigenvalue weighted by Gasteiger charge is 2.16. The molecule has 0 aliphatic rings. The van der Waals surface area contributed by atoms with Gasteiger partial charge in [-0.25, -0.2) is 4.98 Å². The van der Waals surface area contributed by atoms with E-state index in [1.807, 2.05) is 18.2 Å². The summed E-state index contributed by atoms with van der Waals surface area (Å²) in [5, 5.41) is 11.3. The van der Waals surface area contributed by atoms with Crippen molar-refractivity contribution in [3.8, 4) is 0 Å². The maximum Gasteiger partial charge on any atom is 0.324 e. The van der Waals surface area contributed by atoms with E-state index in [2.05, 4.69) is 15.8 Å². The number of fused-ring (bicyclic) bond motifs is 1. The Bertz CT molecular complexity index is 953. The van der Waals surface area contributed by atoms with Crippen LogP contribution in [0.4, 0.5) is 5.00 Å². The number of carbonyl (C=O) groups excluding carboxylic acids is 2. The van der Waals surface area contributed by atoms with Crippen molar-refractivity contribution < 1.29 is 14.5 Å². The molecule has 8 nitrogen and oxygen atoms in total. The van der Waals surface area contributed by atoms with Gasteiger partial charge in [0.1, 0.15) is 10.6 Å². The summed E-state index contributed by atoms with van der Waals surface area (Å²) in [5.74, 6) is -1.22. The molecule has 0 fully saturated rings. The van der Waals surface area contributed by atoms with Crippen LogP contribution in [0.1, 0.15) is 20.2 Å². The number of amides is 2. The molecule has 3 rings (SSSR count). The largest absolute Gasteiger partial charge is 0.324 e. The van der Waals surface area contributed by atoms with E-state index in [1.54, 1.807) is 18.2 Å². The first kappa shape index (κ1) is 15.6. The highest BCUT2D eigenvalue weighted by atomic mass is 32.1. The molecule has 2 heterocycles. The van der Waals surface area contributed by atoms with Crippen LogP contribution in [0.2, 0.25) is 0 Å². The quantitative estimate of drug-likeness (QED) is 0.560. The maximum atomic E-state index is 12.0. The molecule has 0 unspecified atom stereocenters. The van der Waals surface area contributed by atoms with Crippen LogP contribution in [0.25, 0.3) is 10.9 Å². The molecule has 0 spiro atoms. The summed E-state index contributed by atoms with van der Waals surface area (Å²) >= 11 is 0.720. The summed E-state index contributed by atoms with van der Waals surface area (Å²) in [7, 11) is 0. The van der Waals surface area contributed by atoms with Gasteiger partial charge in [-0.2, -0.15) is 0 Å². The number of hydrogen-bond donors (Lipinski definition) is 2. The van der Waals surface area contributed by atoms with E-state index in [-0.39, 0.29) is 15.6 Å². The van der Waals surface area contributed by atoms with Crippen molar-refractivity contribution in [1.29, 1.82) is 0 Å². The lowest BCUT2D eigenvalue weighted by Gasteiger charge is -2.06. The van der Waals surface area contributed by atoms with Gasteiger partial charge in [-0.3, -0.25) is 30.6 Å². The van der Waals surface area contributed by atoms with Crippen LogP contribution in [-0.4, -0.2) is 21.7 Å². The number of nitrogens with one attached hydrogen (secondary N) is 2. The summed E-state index contributed by atoms with van der Waals surface area (Å²) in [6, 6.07) is 13.2. The fraction of sp³-hybridized carbons (Fsp3) is 0. The molecule has 0 bridgehead atoms. The lowest BCUT2D eigenvalue weighted by molar-refractivity contribution is -0.380. The molecule has 9 heteroatoms. The Kier molecular flexibility index (Phi) is 4.17. The molecule has 0 saturated carbocycles. The summed E-state index contributed by atoms with van der Waals surface area (Å²) in [5.41, 5.74) is 5.25. The number of thiophene rings is 1. The number of para-hydroxylation sites is 1. The fourth-order valence-electron chi connectivity index (χ4n) is 1.98. The van der Waals surface area contributed by atoms with Gasteiger partial charge >= 0.3 is 5.00 Å². The van der Waals surface area contributed by atoms with Crippen LogP contribution >= 0.6 is 11.3 Å². The first-order chi connectivity index (χ1) is 11.5. The van der Waals surface area contributed by atoms with E-state index in [0.29, 0.717) is 5.52 Å². The summed E-state index contributed by atoms with van der Waals surface area (Å²) in [4.78, 5) is 38.3. The third-order valence-corrected chi connectivity index (χ3v) is 4.15. The normalized spacial score (nSPS) is 10.3. The van der Waals surface area contributed by atoms with Crippen LogP contribution in [0.5, 0.6) is 0 Å². The molecule has 2 amide bonds. The van der Waals surface area contributed by atoms with Gasteiger partial charge in [-0.05, 0) is 18.2 Å². The van der Waals surface area contributed by atoms with Crippen LogP contribution in [0, 0.1) is 10.1 Å². The molecule has 0 aliphatic heterocycles. The summed E-state index contributed by atoms with van der Waals surface area (Å²) < 4.78 is 0. The van der Waals surface area contributed by atoms with Crippen molar-refractivity contribution in [2.24, 2.45) is 0 Å². The van der Waals surface area contributed by atoms with Gasteiger partial charge < -0.3 is 0 Å². The molecule has 24 heavy (non-hydrogen) atoms. The zero-order valence-corrected chi connectivity index (χ0v) is 12.9. The van der Waals surface area contributed by atoms with E-state index in [4.69, 9.17) is 0 Å². The van der Waals surface area contributed by atoms with Crippen LogP contribution in [0.15, 0.2) is 48.5 Å². The maximum absolute atomic E-state index is 12.0. The van der Waals surface area contributed by atoms with Crippen molar-refractivity contribution in [1.82, 2.24) is 15.8 Å². The number of hydrazine groups is 1. The molecule has 2 aromatic heterocycles. The summed E-state index contributed by atoms with van der Waals surface area (Å²) in [6.45, 7) is 0. The number of pyridine rings is 1. The van der Waals surface area contributed by atoms with Crippen molar-refractivity contribution in [2.75, 3.05) is 0 Å². The highest BCUT2D eigenvalue weighted by Crippen LogP contribution is 2.23. The minimum Gasteiger partial charge on any atom is -0.266 e. The molecule has 120 valence electrons. The Balaban J connectivity index is 1.67. The SMILES string of the molecule is O=C(NNC(=O)c1ccc([N+](=O)[O-])s1)c1ccc2ccccc2n1. The third kappa shape index (κ3) is 3.20. The fourth-order valence-corrected chi connectivity index (χ4v) is 2.70. The van der Waals surface area contributed by atoms with E-state index in [0.717, 1.165) is 16.7 Å². The number of hydrogen-bond acceptors (Lipinski definition) is 6. The Morgan fingerprint density at radius 1 is 1.00 bits per heavy atom. The number of rotatable bonds is 3. The second-order valence-electron chi connectivity index (χ2n) is 4.69. The minimum atomic E-state index is -0.637. The Morgan fingerprint density at radius 3 is 2.50 bits per heavy atom. The van der Waals surface area contributed by atoms with Crippen molar-refractivity contribution in [3.63, 3.8) is 0 Å². The predicted octanol–water partition coefficient (Wildman–Crippen LogP) is 2.28. The minimum absolute atomic E-state index is 0.119. The number of nitro groups is 1. The Hall–Kier alpha value is -3.33. The smallest absolute Gasteiger partial charge is 0.266 e. The van der Waals surface area contributed by atoms with Gasteiger partial charge in [-0.15, -0.1) is 0 Å². The molecule has 3 aromatic rings. The van der Waals surface area contributed by atoms with Gasteiger partial charge in [0.15, 0.2) is 0 Å². The van der Waals surface area contributed by atoms with Crippen molar-refractivity contribution >= 4 is 39.1 Å². The van der Waals surface area contributed by atoms with Crippen LogP contribution in [-0.2, 0) is 0 Å². The van der Waals surface area contributed by atoms with Gasteiger partial charge in [-0.1, -0.05) is 35.6 Å². The molecule has 1 aromatic carbocycles. The second-order valence-corrected chi connectivity index (χ2v) is 5.75. The zero-order chi connectivity index (χ0) is 17.1. The molecule has 0 saturated heterocycles. The second kappa shape index (κ2) is 6.42. The predicted molar refractivity (Wildman–Crippen MR) is 87.6 cm³/mol. The summed E-state index contributed by atoms with van der Waals surface area (Å²) in [6.07, 6.45) is 0. The van der Waals surface area contributed by atoms with Crippen molar-refractivity contribution in [3.05, 3.63) is 69.2 Å². The first-order valence-corrected chi connectivity index (χ1v) is 7.57. The Labute approximate surface area is 139 Å². The molecule has 2 N–H and O–H groups in total. The van der Waals surface area contributed by atoms with Gasteiger partial charge in [0.05, 0.1) is 10.4 Å². The monoisotopic (exact) mass is 342 g/mol. The van der Waals surface area contributed by atoms with E-state index in [1.165, 1.54) is 12.1 Å². The Morgan fingerprint density at radius 2 is 1.75 bits per heavy atom. The average molecular weight is 342 g/mol. The molecule has 0 atom stereocenters. The molecular weight excluding hydrogens is 332 g/mol. The number of benzene rings is 1. The molecule has 0 radical (unpaired) electrons. The van der Waals surface area contributed by atoms with E-state index in [9.17, 15) is 19.7 Å². The standard InChI is InChI=1S/C15H10N4O4S/c20-14(11-6-5-9-3-1-2-4-10(9)16-11)17-18-15(21)12-7-8-13(24-12)19(22)23/h1-8H,(H,17,20)(H,18,21). The number of carbonyl (C=O) groups is 2. The van der Waals surface area contributed by atoms with E-state index < -0.39 is 16.7 Å². The van der Waals surface area contributed by atoms with Crippen LogP contribution in [0.3, 0.4) is 0 Å².